The van der Waals surface area contributed by atoms with Crippen molar-refractivity contribution in [3.8, 4) is 0 Å². The molecule has 3 N–H and O–H groups in total. The molecule has 0 fully saturated rings. The van der Waals surface area contributed by atoms with Gasteiger partial charge in [-0.1, -0.05) is 18.4 Å². The Morgan fingerprint density at radius 2 is 1.74 bits per heavy atom. The summed E-state index contributed by atoms with van der Waals surface area (Å²) in [5.41, 5.74) is 1.78. The lowest BCUT2D eigenvalue weighted by Crippen LogP contribution is -2.21. The Hall–Kier alpha value is -1.36. The lowest BCUT2D eigenvalue weighted by atomic mass is 10.00. The van der Waals surface area contributed by atoms with Crippen molar-refractivity contribution >= 4 is 11.9 Å². The van der Waals surface area contributed by atoms with Gasteiger partial charge in [0, 0.05) is 6.42 Å². The molecule has 0 heterocycles. The molecule has 0 aromatic heterocycles. The molecule has 5 heteroatoms. The van der Waals surface area contributed by atoms with Crippen LogP contribution in [-0.4, -0.2) is 33.4 Å². The van der Waals surface area contributed by atoms with Gasteiger partial charge in [-0.05, 0) is 44.1 Å². The monoisotopic (exact) mass is 270 g/mol. The minimum absolute atomic E-state index is 0.214. The summed E-state index contributed by atoms with van der Waals surface area (Å²) in [6.07, 6.45) is 5.65. The molecule has 0 aromatic carbocycles. The number of unbranched alkanes of at least 4 members (excludes halogenated alkanes) is 3. The first-order chi connectivity index (χ1) is 9.02. The number of aliphatic hydroxyl groups is 1. The number of hydrogen-bond donors (Lipinski definition) is 3. The second-order valence-electron chi connectivity index (χ2n) is 5.03. The summed E-state index contributed by atoms with van der Waals surface area (Å²) in [4.78, 5) is 21.1. The van der Waals surface area contributed by atoms with Gasteiger partial charge in [0.2, 0.25) is 0 Å². The third kappa shape index (κ3) is 5.42. The molecular weight excluding hydrogens is 248 g/mol. The molecule has 0 spiro atoms. The van der Waals surface area contributed by atoms with Gasteiger partial charge in [0.1, 0.15) is 0 Å². The molecule has 0 saturated carbocycles. The van der Waals surface area contributed by atoms with Crippen molar-refractivity contribution in [1.82, 2.24) is 0 Å². The topological polar surface area (TPSA) is 94.8 Å². The van der Waals surface area contributed by atoms with Crippen molar-refractivity contribution in [3.05, 3.63) is 11.1 Å². The van der Waals surface area contributed by atoms with Crippen LogP contribution in [0.25, 0.3) is 0 Å². The largest absolute Gasteiger partial charge is 0.481 e. The van der Waals surface area contributed by atoms with Crippen LogP contribution in [0.2, 0.25) is 0 Å². The van der Waals surface area contributed by atoms with E-state index in [2.05, 4.69) is 0 Å². The fourth-order valence-corrected chi connectivity index (χ4v) is 2.56. The minimum atomic E-state index is -1.34. The predicted octanol–water partition coefficient (Wildman–Crippen LogP) is 2.34. The number of rotatable bonds is 9. The summed E-state index contributed by atoms with van der Waals surface area (Å²) in [5.74, 6) is -1.93. The van der Waals surface area contributed by atoms with Gasteiger partial charge in [0.05, 0.1) is 0 Å². The number of allylic oxidation sites excluding steroid dienone is 1. The van der Waals surface area contributed by atoms with Crippen LogP contribution >= 0.6 is 0 Å². The average molecular weight is 270 g/mol. The van der Waals surface area contributed by atoms with Crippen LogP contribution in [0.15, 0.2) is 11.1 Å². The molecule has 0 amide bonds. The standard InChI is InChI=1S/C14H22O5/c15-12(16)9-4-2-1-3-6-10-7-5-8-11(10)13(17)14(18)19/h13,17H,1-9H2,(H,15,16)(H,18,19). The molecule has 0 radical (unpaired) electrons. The zero-order valence-corrected chi connectivity index (χ0v) is 11.1. The first-order valence-electron chi connectivity index (χ1n) is 6.86. The molecular formula is C14H22O5. The SMILES string of the molecule is O=C(O)CCCCCCC1=C(C(O)C(=O)O)CCC1. The summed E-state index contributed by atoms with van der Waals surface area (Å²) in [5, 5.41) is 26.9. The summed E-state index contributed by atoms with van der Waals surface area (Å²) >= 11 is 0. The maximum absolute atomic E-state index is 10.8. The highest BCUT2D eigenvalue weighted by Crippen LogP contribution is 2.32. The van der Waals surface area contributed by atoms with Crippen molar-refractivity contribution < 1.29 is 24.9 Å². The van der Waals surface area contributed by atoms with Crippen LogP contribution in [0.1, 0.15) is 57.8 Å². The van der Waals surface area contributed by atoms with Crippen LogP contribution in [0.5, 0.6) is 0 Å². The Morgan fingerprint density at radius 3 is 2.37 bits per heavy atom. The molecule has 0 aliphatic heterocycles. The first-order valence-corrected chi connectivity index (χ1v) is 6.86. The van der Waals surface area contributed by atoms with Gasteiger partial charge in [0.15, 0.2) is 6.10 Å². The van der Waals surface area contributed by atoms with Gasteiger partial charge >= 0.3 is 11.9 Å². The van der Waals surface area contributed by atoms with Crippen LogP contribution < -0.4 is 0 Å². The van der Waals surface area contributed by atoms with Gasteiger partial charge in [0.25, 0.3) is 0 Å². The van der Waals surface area contributed by atoms with Crippen LogP contribution in [-0.2, 0) is 9.59 Å². The molecule has 0 saturated heterocycles. The third-order valence-corrected chi connectivity index (χ3v) is 3.56. The van der Waals surface area contributed by atoms with Crippen LogP contribution in [0, 0.1) is 0 Å². The Morgan fingerprint density at radius 1 is 1.05 bits per heavy atom. The van der Waals surface area contributed by atoms with E-state index in [-0.39, 0.29) is 6.42 Å². The number of carboxylic acid groups (broad SMARTS) is 2. The number of carbonyl (C=O) groups is 2. The first kappa shape index (κ1) is 15.7. The Labute approximate surface area is 112 Å². The quantitative estimate of drug-likeness (QED) is 0.441. The van der Waals surface area contributed by atoms with Crippen LogP contribution in [0.4, 0.5) is 0 Å². The normalized spacial score (nSPS) is 16.7. The van der Waals surface area contributed by atoms with Gasteiger partial charge in [-0.2, -0.15) is 0 Å². The summed E-state index contributed by atoms with van der Waals surface area (Å²) in [6.45, 7) is 0. The minimum Gasteiger partial charge on any atom is -0.481 e. The van der Waals surface area contributed by atoms with E-state index in [0.29, 0.717) is 18.4 Å². The lowest BCUT2D eigenvalue weighted by molar-refractivity contribution is -0.144. The molecule has 1 unspecified atom stereocenters. The Balaban J connectivity index is 2.29. The lowest BCUT2D eigenvalue weighted by Gasteiger charge is -2.10. The van der Waals surface area contributed by atoms with Crippen molar-refractivity contribution in [3.63, 3.8) is 0 Å². The van der Waals surface area contributed by atoms with Crippen molar-refractivity contribution in [2.45, 2.75) is 63.9 Å². The molecule has 108 valence electrons. The molecule has 0 aromatic rings. The molecule has 1 aliphatic rings. The van der Waals surface area contributed by atoms with Crippen molar-refractivity contribution in [1.29, 1.82) is 0 Å². The van der Waals surface area contributed by atoms with Gasteiger partial charge in [-0.15, -0.1) is 0 Å². The second kappa shape index (κ2) is 7.94. The average Bonchev–Trinajstić information content (AvgIpc) is 2.80. The van der Waals surface area contributed by atoms with E-state index >= 15 is 0 Å². The van der Waals surface area contributed by atoms with Gasteiger partial charge in [-0.3, -0.25) is 4.79 Å². The second-order valence-corrected chi connectivity index (χ2v) is 5.03. The van der Waals surface area contributed by atoms with E-state index in [1.165, 1.54) is 0 Å². The number of aliphatic hydroxyl groups excluding tert-OH is 1. The Bertz CT molecular complexity index is 359. The van der Waals surface area contributed by atoms with E-state index in [0.717, 1.165) is 44.1 Å². The highest BCUT2D eigenvalue weighted by atomic mass is 16.4. The predicted molar refractivity (Wildman–Crippen MR) is 69.9 cm³/mol. The van der Waals surface area contributed by atoms with E-state index in [1.54, 1.807) is 0 Å². The van der Waals surface area contributed by atoms with Gasteiger partial charge < -0.3 is 15.3 Å². The smallest absolute Gasteiger partial charge is 0.336 e. The number of aliphatic carboxylic acids is 2. The molecule has 1 rings (SSSR count). The molecule has 0 bridgehead atoms. The zero-order valence-electron chi connectivity index (χ0n) is 11.1. The van der Waals surface area contributed by atoms with E-state index in [9.17, 15) is 14.7 Å². The number of carboxylic acids is 2. The van der Waals surface area contributed by atoms with Crippen molar-refractivity contribution in [2.24, 2.45) is 0 Å². The molecule has 5 nitrogen and oxygen atoms in total. The molecule has 1 atom stereocenters. The van der Waals surface area contributed by atoms with E-state index in [4.69, 9.17) is 10.2 Å². The van der Waals surface area contributed by atoms with Gasteiger partial charge in [-0.25, -0.2) is 4.79 Å². The Kier molecular flexibility index (Phi) is 6.56. The summed E-state index contributed by atoms with van der Waals surface area (Å²) in [6, 6.07) is 0. The van der Waals surface area contributed by atoms with E-state index < -0.39 is 18.0 Å². The fourth-order valence-electron chi connectivity index (χ4n) is 2.56. The van der Waals surface area contributed by atoms with Crippen molar-refractivity contribution in [2.75, 3.05) is 0 Å². The molecule has 1 aliphatic carbocycles. The fraction of sp³-hybridized carbons (Fsp3) is 0.714. The highest BCUT2D eigenvalue weighted by molar-refractivity contribution is 5.76. The summed E-state index contributed by atoms with van der Waals surface area (Å²) < 4.78 is 0. The molecule has 19 heavy (non-hydrogen) atoms. The van der Waals surface area contributed by atoms with E-state index in [1.807, 2.05) is 0 Å². The maximum Gasteiger partial charge on any atom is 0.336 e. The number of hydrogen-bond acceptors (Lipinski definition) is 3. The highest BCUT2D eigenvalue weighted by Gasteiger charge is 2.25. The third-order valence-electron chi connectivity index (χ3n) is 3.56. The van der Waals surface area contributed by atoms with Crippen LogP contribution in [0.3, 0.4) is 0 Å². The zero-order chi connectivity index (χ0) is 14.3. The summed E-state index contributed by atoms with van der Waals surface area (Å²) in [7, 11) is 0. The maximum atomic E-state index is 10.8.